The molecular weight excluding hydrogens is 378 g/mol. The number of aliphatic hydroxyl groups excluding tert-OH is 1. The van der Waals surface area contributed by atoms with Crippen molar-refractivity contribution in [3.63, 3.8) is 0 Å². The normalized spacial score (nSPS) is 12.8. The first-order chi connectivity index (χ1) is 7.99. The van der Waals surface area contributed by atoms with Crippen molar-refractivity contribution in [2.24, 2.45) is 0 Å². The molecule has 6 heteroatoms. The Labute approximate surface area is 117 Å². The van der Waals surface area contributed by atoms with E-state index in [1.165, 1.54) is 11.3 Å². The maximum absolute atomic E-state index is 13.5. The summed E-state index contributed by atoms with van der Waals surface area (Å²) in [6.07, 6.45) is -1.17. The average molecular weight is 384 g/mol. The number of rotatable bonds is 2. The second-order valence-corrected chi connectivity index (χ2v) is 6.59. The molecule has 1 nitrogen and oxygen atoms in total. The van der Waals surface area contributed by atoms with Crippen LogP contribution in [0.25, 0.3) is 0 Å². The molecule has 0 saturated carbocycles. The lowest BCUT2D eigenvalue weighted by Crippen LogP contribution is -2.01. The average Bonchev–Trinajstić information content (AvgIpc) is 2.62. The molecule has 0 saturated heterocycles. The van der Waals surface area contributed by atoms with E-state index in [0.29, 0.717) is 4.88 Å². The van der Waals surface area contributed by atoms with Crippen LogP contribution in [0.2, 0.25) is 0 Å². The molecule has 17 heavy (non-hydrogen) atoms. The van der Waals surface area contributed by atoms with Crippen molar-refractivity contribution in [3.8, 4) is 0 Å². The SMILES string of the molecule is OC(c1cc(Br)c(Br)s1)c1cc(F)ccc1F. The number of hydrogen-bond acceptors (Lipinski definition) is 2. The van der Waals surface area contributed by atoms with Crippen molar-refractivity contribution in [2.75, 3.05) is 0 Å². The van der Waals surface area contributed by atoms with Crippen molar-refractivity contribution in [3.05, 3.63) is 54.6 Å². The van der Waals surface area contributed by atoms with E-state index in [9.17, 15) is 13.9 Å². The molecule has 0 amide bonds. The van der Waals surface area contributed by atoms with Crippen molar-refractivity contribution < 1.29 is 13.9 Å². The van der Waals surface area contributed by atoms with Crippen LogP contribution in [0.4, 0.5) is 8.78 Å². The first kappa shape index (κ1) is 13.1. The molecule has 1 N–H and O–H groups in total. The van der Waals surface area contributed by atoms with Crippen LogP contribution in [0.1, 0.15) is 16.5 Å². The molecular formula is C11H6Br2F2OS. The minimum absolute atomic E-state index is 0.0637. The molecule has 1 aromatic carbocycles. The lowest BCUT2D eigenvalue weighted by atomic mass is 10.1. The zero-order valence-electron chi connectivity index (χ0n) is 8.25. The van der Waals surface area contributed by atoms with E-state index >= 15 is 0 Å². The predicted octanol–water partition coefficient (Wildman–Crippen LogP) is 4.63. The fourth-order valence-corrected chi connectivity index (χ4v) is 3.47. The second kappa shape index (κ2) is 5.14. The predicted molar refractivity (Wildman–Crippen MR) is 70.1 cm³/mol. The summed E-state index contributed by atoms with van der Waals surface area (Å²) in [7, 11) is 0. The highest BCUT2D eigenvalue weighted by Crippen LogP contribution is 2.38. The quantitative estimate of drug-likeness (QED) is 0.801. The Morgan fingerprint density at radius 3 is 2.47 bits per heavy atom. The Morgan fingerprint density at radius 1 is 1.18 bits per heavy atom. The van der Waals surface area contributed by atoms with Gasteiger partial charge in [-0.1, -0.05) is 0 Å². The molecule has 0 aliphatic rings. The molecule has 0 spiro atoms. The van der Waals surface area contributed by atoms with Crippen LogP contribution < -0.4 is 0 Å². The molecule has 1 atom stereocenters. The first-order valence-corrected chi connectivity index (χ1v) is 6.97. The number of aliphatic hydroxyl groups is 1. The minimum Gasteiger partial charge on any atom is -0.383 e. The van der Waals surface area contributed by atoms with Crippen molar-refractivity contribution in [2.45, 2.75) is 6.10 Å². The maximum Gasteiger partial charge on any atom is 0.129 e. The van der Waals surface area contributed by atoms with Crippen LogP contribution in [0.15, 0.2) is 32.5 Å². The van der Waals surface area contributed by atoms with Gasteiger partial charge in [-0.15, -0.1) is 11.3 Å². The van der Waals surface area contributed by atoms with E-state index in [-0.39, 0.29) is 5.56 Å². The molecule has 2 aromatic rings. The van der Waals surface area contributed by atoms with E-state index in [4.69, 9.17) is 0 Å². The summed E-state index contributed by atoms with van der Waals surface area (Å²) < 4.78 is 28.0. The number of halogens is 4. The summed E-state index contributed by atoms with van der Waals surface area (Å²) in [6.45, 7) is 0. The first-order valence-electron chi connectivity index (χ1n) is 4.57. The standard InChI is InChI=1S/C11H6Br2F2OS/c12-7-4-9(17-11(7)13)10(16)6-3-5(14)1-2-8(6)15/h1-4,10,16H. The molecule has 0 radical (unpaired) electrons. The molecule has 1 aromatic heterocycles. The lowest BCUT2D eigenvalue weighted by Gasteiger charge is -2.09. The van der Waals surface area contributed by atoms with Crippen LogP contribution >= 0.6 is 43.2 Å². The zero-order valence-corrected chi connectivity index (χ0v) is 12.2. The van der Waals surface area contributed by atoms with Gasteiger partial charge in [-0.3, -0.25) is 0 Å². The van der Waals surface area contributed by atoms with Gasteiger partial charge in [0, 0.05) is 14.9 Å². The zero-order chi connectivity index (χ0) is 12.6. The molecule has 1 heterocycles. The molecule has 90 valence electrons. The van der Waals surface area contributed by atoms with Crippen molar-refractivity contribution in [1.29, 1.82) is 0 Å². The fraction of sp³-hybridized carbons (Fsp3) is 0.0909. The summed E-state index contributed by atoms with van der Waals surface area (Å²) in [5.74, 6) is -1.20. The van der Waals surface area contributed by atoms with Crippen LogP contribution in [0, 0.1) is 11.6 Å². The third-order valence-corrected chi connectivity index (χ3v) is 5.50. The Bertz CT molecular complexity index is 537. The fourth-order valence-electron chi connectivity index (χ4n) is 1.38. The van der Waals surface area contributed by atoms with E-state index in [1.54, 1.807) is 6.07 Å². The molecule has 0 bridgehead atoms. The van der Waals surface area contributed by atoms with Crippen molar-refractivity contribution in [1.82, 2.24) is 0 Å². The van der Waals surface area contributed by atoms with Gasteiger partial charge in [0.15, 0.2) is 0 Å². The molecule has 0 aliphatic heterocycles. The summed E-state index contributed by atoms with van der Waals surface area (Å²) in [6, 6.07) is 4.70. The molecule has 2 rings (SSSR count). The monoisotopic (exact) mass is 382 g/mol. The third kappa shape index (κ3) is 2.76. The summed E-state index contributed by atoms with van der Waals surface area (Å²) in [5, 5.41) is 10.00. The maximum atomic E-state index is 13.5. The van der Waals surface area contributed by atoms with Gasteiger partial charge in [-0.25, -0.2) is 8.78 Å². The third-order valence-electron chi connectivity index (χ3n) is 2.19. The topological polar surface area (TPSA) is 20.2 Å². The highest BCUT2D eigenvalue weighted by Gasteiger charge is 2.19. The second-order valence-electron chi connectivity index (χ2n) is 3.34. The number of benzene rings is 1. The Hall–Kier alpha value is -0.300. The van der Waals surface area contributed by atoms with E-state index in [0.717, 1.165) is 26.5 Å². The van der Waals surface area contributed by atoms with Gasteiger partial charge in [0.1, 0.15) is 17.7 Å². The minimum atomic E-state index is -1.17. The van der Waals surface area contributed by atoms with Gasteiger partial charge in [-0.05, 0) is 56.1 Å². The lowest BCUT2D eigenvalue weighted by molar-refractivity contribution is 0.218. The molecule has 0 fully saturated rings. The van der Waals surface area contributed by atoms with Gasteiger partial charge in [0.25, 0.3) is 0 Å². The molecule has 0 aliphatic carbocycles. The van der Waals surface area contributed by atoms with E-state index in [2.05, 4.69) is 31.9 Å². The van der Waals surface area contributed by atoms with Gasteiger partial charge >= 0.3 is 0 Å². The van der Waals surface area contributed by atoms with Gasteiger partial charge in [0.2, 0.25) is 0 Å². The van der Waals surface area contributed by atoms with E-state index in [1.807, 2.05) is 0 Å². The molecule has 1 unspecified atom stereocenters. The van der Waals surface area contributed by atoms with Gasteiger partial charge < -0.3 is 5.11 Å². The largest absolute Gasteiger partial charge is 0.383 e. The highest BCUT2D eigenvalue weighted by molar-refractivity contribution is 9.13. The van der Waals surface area contributed by atoms with E-state index < -0.39 is 17.7 Å². The van der Waals surface area contributed by atoms with Crippen LogP contribution in [-0.4, -0.2) is 5.11 Å². The smallest absolute Gasteiger partial charge is 0.129 e. The van der Waals surface area contributed by atoms with Gasteiger partial charge in [-0.2, -0.15) is 0 Å². The Balaban J connectivity index is 2.42. The highest BCUT2D eigenvalue weighted by atomic mass is 79.9. The summed E-state index contributed by atoms with van der Waals surface area (Å²) in [5.41, 5.74) is -0.0637. The number of hydrogen-bond donors (Lipinski definition) is 1. The Kier molecular flexibility index (Phi) is 3.97. The van der Waals surface area contributed by atoms with Crippen LogP contribution in [0.3, 0.4) is 0 Å². The van der Waals surface area contributed by atoms with Crippen LogP contribution in [0.5, 0.6) is 0 Å². The van der Waals surface area contributed by atoms with Crippen molar-refractivity contribution >= 4 is 43.2 Å². The van der Waals surface area contributed by atoms with Crippen LogP contribution in [-0.2, 0) is 0 Å². The number of thiophene rings is 1. The Morgan fingerprint density at radius 2 is 1.88 bits per heavy atom. The van der Waals surface area contributed by atoms with Gasteiger partial charge in [0.05, 0.1) is 3.79 Å². The summed E-state index contributed by atoms with van der Waals surface area (Å²) >= 11 is 7.82. The summed E-state index contributed by atoms with van der Waals surface area (Å²) in [4.78, 5) is 0.535.